The van der Waals surface area contributed by atoms with E-state index in [9.17, 15) is 34.8 Å². The summed E-state index contributed by atoms with van der Waals surface area (Å²) in [6, 6.07) is -1.01. The number of allylic oxidation sites excluding steroid dienone is 1. The van der Waals surface area contributed by atoms with E-state index >= 15 is 4.39 Å². The quantitative estimate of drug-likeness (QED) is 0.355. The number of rotatable bonds is 4. The lowest BCUT2D eigenvalue weighted by atomic mass is 9.58. The first-order chi connectivity index (χ1) is 18.1. The Bertz CT molecular complexity index is 1400. The summed E-state index contributed by atoms with van der Waals surface area (Å²) >= 11 is 0. The molecule has 0 bridgehead atoms. The summed E-state index contributed by atoms with van der Waals surface area (Å²) in [6.45, 7) is 6.62. The molecule has 0 saturated carbocycles. The van der Waals surface area contributed by atoms with Crippen LogP contribution < -0.4 is 5.73 Å². The number of amides is 1. The first-order valence-electron chi connectivity index (χ1n) is 13.1. The minimum absolute atomic E-state index is 0.0309. The van der Waals surface area contributed by atoms with Crippen molar-refractivity contribution >= 4 is 17.5 Å². The Labute approximate surface area is 225 Å². The van der Waals surface area contributed by atoms with Gasteiger partial charge in [-0.3, -0.25) is 24.2 Å². The van der Waals surface area contributed by atoms with Gasteiger partial charge in [0.1, 0.15) is 28.7 Å². The molecule has 0 saturated heterocycles. The number of aliphatic hydroxyl groups excluding tert-OH is 2. The predicted octanol–water partition coefficient (Wildman–Crippen LogP) is 1.62. The number of carbonyl (C=O) groups is 3. The van der Waals surface area contributed by atoms with Gasteiger partial charge in [0.2, 0.25) is 5.78 Å². The molecule has 0 fully saturated rings. The topological polar surface area (TPSA) is 165 Å². The Morgan fingerprint density at radius 3 is 2.28 bits per heavy atom. The summed E-state index contributed by atoms with van der Waals surface area (Å²) in [5, 5.41) is 45.1. The van der Waals surface area contributed by atoms with E-state index < -0.39 is 63.9 Å². The molecule has 11 heteroatoms. The SMILES string of the molecule is CC(C)[C@H](C)N1Cc2c(O)c3c(c(F)c2C1)C[C@H]1C[C@H]2[C@H](N(C)C)C(O)=C(C(N)=O)C(=O)[C@@]2(O)C(O)=C1C3=O. The number of nitrogens with zero attached hydrogens (tertiary/aromatic N) is 2. The molecule has 1 heterocycles. The van der Waals surface area contributed by atoms with Crippen LogP contribution in [0.2, 0.25) is 0 Å². The zero-order chi connectivity index (χ0) is 28.9. The minimum atomic E-state index is -2.72. The predicted molar refractivity (Wildman–Crippen MR) is 137 cm³/mol. The van der Waals surface area contributed by atoms with Crippen LogP contribution in [0.15, 0.2) is 22.7 Å². The summed E-state index contributed by atoms with van der Waals surface area (Å²) in [7, 11) is 3.11. The van der Waals surface area contributed by atoms with Gasteiger partial charge < -0.3 is 26.2 Å². The molecule has 0 unspecified atom stereocenters. The zero-order valence-corrected chi connectivity index (χ0v) is 22.6. The van der Waals surface area contributed by atoms with Crippen LogP contribution in [0.1, 0.15) is 54.2 Å². The fourth-order valence-electron chi connectivity index (χ4n) is 6.95. The highest BCUT2D eigenvalue weighted by atomic mass is 19.1. The number of hydrogen-bond acceptors (Lipinski definition) is 9. The normalized spacial score (nSPS) is 29.5. The van der Waals surface area contributed by atoms with E-state index in [1.54, 1.807) is 14.1 Å². The van der Waals surface area contributed by atoms with Gasteiger partial charge in [0.15, 0.2) is 11.4 Å². The maximum atomic E-state index is 16.0. The molecular formula is C28H34FN3O7. The van der Waals surface area contributed by atoms with Crippen LogP contribution in [0.4, 0.5) is 4.39 Å². The van der Waals surface area contributed by atoms with Gasteiger partial charge in [-0.2, -0.15) is 0 Å². The Balaban J connectivity index is 1.67. The Hall–Kier alpha value is -3.28. The third-order valence-electron chi connectivity index (χ3n) is 9.30. The number of nitrogens with two attached hydrogens (primary N) is 1. The summed E-state index contributed by atoms with van der Waals surface area (Å²) in [6.07, 6.45) is -0.152. The molecule has 3 aliphatic carbocycles. The third-order valence-corrected chi connectivity index (χ3v) is 9.30. The Morgan fingerprint density at radius 2 is 1.72 bits per heavy atom. The average molecular weight is 544 g/mol. The lowest BCUT2D eigenvalue weighted by Gasteiger charge is -2.50. The number of phenols is 1. The van der Waals surface area contributed by atoms with Crippen LogP contribution in [0.5, 0.6) is 5.75 Å². The van der Waals surface area contributed by atoms with Crippen LogP contribution in [-0.2, 0) is 29.1 Å². The van der Waals surface area contributed by atoms with E-state index in [2.05, 4.69) is 0 Å². The number of aromatic hydroxyl groups is 1. The number of phenolic OH excluding ortho intramolecular Hbond substituents is 1. The smallest absolute Gasteiger partial charge is 0.255 e. The number of Topliss-reactive ketones (excluding diaryl/α,β-unsaturated/α-hetero) is 2. The van der Waals surface area contributed by atoms with Crippen molar-refractivity contribution < 1.29 is 39.2 Å². The van der Waals surface area contributed by atoms with E-state index in [0.717, 1.165) is 0 Å². The number of aliphatic hydroxyl groups is 3. The molecule has 4 aliphatic rings. The Morgan fingerprint density at radius 1 is 1.10 bits per heavy atom. The number of primary amides is 1. The molecule has 1 aliphatic heterocycles. The molecular weight excluding hydrogens is 509 g/mol. The second-order valence-electron chi connectivity index (χ2n) is 11.8. The van der Waals surface area contributed by atoms with Gasteiger partial charge in [0.25, 0.3) is 5.91 Å². The van der Waals surface area contributed by atoms with Crippen molar-refractivity contribution in [2.45, 2.75) is 64.4 Å². The molecule has 0 spiro atoms. The van der Waals surface area contributed by atoms with Crippen LogP contribution in [-0.4, -0.2) is 79.5 Å². The monoisotopic (exact) mass is 543 g/mol. The fraction of sp³-hybridized carbons (Fsp3) is 0.536. The van der Waals surface area contributed by atoms with E-state index in [1.165, 1.54) is 4.90 Å². The number of carbonyl (C=O) groups excluding carboxylic acids is 3. The lowest BCUT2D eigenvalue weighted by molar-refractivity contribution is -0.148. The molecule has 1 aromatic carbocycles. The van der Waals surface area contributed by atoms with Gasteiger partial charge in [0.05, 0.1) is 11.6 Å². The molecule has 210 valence electrons. The summed E-state index contributed by atoms with van der Waals surface area (Å²) < 4.78 is 16.0. The van der Waals surface area contributed by atoms with Crippen LogP contribution >= 0.6 is 0 Å². The lowest BCUT2D eigenvalue weighted by Crippen LogP contribution is -2.63. The molecule has 0 radical (unpaired) electrons. The molecule has 1 aromatic rings. The van der Waals surface area contributed by atoms with Crippen molar-refractivity contribution in [2.24, 2.45) is 23.5 Å². The highest BCUT2D eigenvalue weighted by molar-refractivity contribution is 6.24. The molecule has 39 heavy (non-hydrogen) atoms. The minimum Gasteiger partial charge on any atom is -0.510 e. The van der Waals surface area contributed by atoms with E-state index in [4.69, 9.17) is 5.73 Å². The van der Waals surface area contributed by atoms with Crippen LogP contribution in [0.3, 0.4) is 0 Å². The highest BCUT2D eigenvalue weighted by Crippen LogP contribution is 2.53. The first kappa shape index (κ1) is 27.3. The van der Waals surface area contributed by atoms with Crippen molar-refractivity contribution in [3.63, 3.8) is 0 Å². The van der Waals surface area contributed by atoms with E-state index in [1.807, 2.05) is 25.7 Å². The molecule has 1 amide bonds. The number of fused-ring (bicyclic) bond motifs is 4. The summed E-state index contributed by atoms with van der Waals surface area (Å²) in [5.74, 6) is -7.72. The van der Waals surface area contributed by atoms with Gasteiger partial charge >= 0.3 is 0 Å². The summed E-state index contributed by atoms with van der Waals surface area (Å²) in [5.41, 5.74) is 1.85. The maximum Gasteiger partial charge on any atom is 0.255 e. The van der Waals surface area contributed by atoms with Gasteiger partial charge in [-0.1, -0.05) is 13.8 Å². The number of hydrogen-bond donors (Lipinski definition) is 5. The average Bonchev–Trinajstić information content (AvgIpc) is 3.29. The standard InChI is InChI=1S/C28H34FN3O7/c1-10(2)11(3)32-8-14-15(9-32)22(33)18-13(20(14)29)6-12-7-16-21(31(4)5)24(35)19(27(30)38)26(37)28(16,39)25(36)17(12)23(18)34/h10-12,16,21,33,35-36,39H,6-9H2,1-5H3,(H2,30,38)/t11-,12-,16-,21-,28-/m0/s1. The van der Waals surface area contributed by atoms with Gasteiger partial charge in [-0.15, -0.1) is 0 Å². The van der Waals surface area contributed by atoms with E-state index in [0.29, 0.717) is 11.1 Å². The van der Waals surface area contributed by atoms with Crippen LogP contribution in [0, 0.1) is 23.6 Å². The van der Waals surface area contributed by atoms with Crippen molar-refractivity contribution in [3.05, 3.63) is 50.7 Å². The van der Waals surface area contributed by atoms with Crippen molar-refractivity contribution in [2.75, 3.05) is 14.1 Å². The molecule has 5 rings (SSSR count). The van der Waals surface area contributed by atoms with Gasteiger partial charge in [0, 0.05) is 47.3 Å². The maximum absolute atomic E-state index is 16.0. The second-order valence-corrected chi connectivity index (χ2v) is 11.8. The van der Waals surface area contributed by atoms with Gasteiger partial charge in [-0.05, 0) is 45.7 Å². The van der Waals surface area contributed by atoms with Gasteiger partial charge in [-0.25, -0.2) is 4.39 Å². The number of ketones is 2. The molecule has 5 atom stereocenters. The van der Waals surface area contributed by atoms with Crippen LogP contribution in [0.25, 0.3) is 0 Å². The summed E-state index contributed by atoms with van der Waals surface area (Å²) in [4.78, 5) is 42.8. The van der Waals surface area contributed by atoms with Crippen molar-refractivity contribution in [1.82, 2.24) is 9.80 Å². The number of likely N-dealkylation sites (N-methyl/N-ethyl adjacent to an activating group) is 1. The highest BCUT2D eigenvalue weighted by Gasteiger charge is 2.63. The molecule has 10 nitrogen and oxygen atoms in total. The molecule has 0 aromatic heterocycles. The Kier molecular flexibility index (Phi) is 6.21. The second kappa shape index (κ2) is 8.87. The van der Waals surface area contributed by atoms with E-state index in [-0.39, 0.29) is 60.3 Å². The first-order valence-corrected chi connectivity index (χ1v) is 13.1. The van der Waals surface area contributed by atoms with Crippen molar-refractivity contribution in [1.29, 1.82) is 0 Å². The number of halogens is 1. The van der Waals surface area contributed by atoms with Crippen molar-refractivity contribution in [3.8, 4) is 5.75 Å². The fourth-order valence-corrected chi connectivity index (χ4v) is 6.95. The largest absolute Gasteiger partial charge is 0.510 e. The zero-order valence-electron chi connectivity index (χ0n) is 22.6. The number of benzene rings is 1. The molecule has 6 N–H and O–H groups in total. The third kappa shape index (κ3) is 3.52.